The second-order valence-electron chi connectivity index (χ2n) is 3.53. The highest BCUT2D eigenvalue weighted by Gasteiger charge is 2.39. The van der Waals surface area contributed by atoms with Gasteiger partial charge in [-0.05, 0) is 12.1 Å². The minimum atomic E-state index is -0.841. The second kappa shape index (κ2) is 4.33. The van der Waals surface area contributed by atoms with Gasteiger partial charge in [-0.15, -0.1) is 0 Å². The lowest BCUT2D eigenvalue weighted by Crippen LogP contribution is -2.34. The summed E-state index contributed by atoms with van der Waals surface area (Å²) in [5.41, 5.74) is 5.47. The minimum absolute atomic E-state index is 0.241. The van der Waals surface area contributed by atoms with E-state index in [1.54, 1.807) is 12.1 Å². The van der Waals surface area contributed by atoms with Gasteiger partial charge in [0, 0.05) is 6.20 Å². The number of esters is 1. The van der Waals surface area contributed by atoms with Crippen LogP contribution in [0.1, 0.15) is 20.7 Å². The van der Waals surface area contributed by atoms with Crippen molar-refractivity contribution in [2.45, 2.75) is 0 Å². The van der Waals surface area contributed by atoms with Crippen LogP contribution >= 0.6 is 0 Å². The highest BCUT2D eigenvalue weighted by Crippen LogP contribution is 2.25. The van der Waals surface area contributed by atoms with Gasteiger partial charge in [0.15, 0.2) is 5.70 Å². The topological polar surface area (TPSA) is 89.7 Å². The molecule has 2 amide bonds. The van der Waals surface area contributed by atoms with Crippen LogP contribution in [0.3, 0.4) is 0 Å². The Morgan fingerprint density at radius 3 is 2.11 bits per heavy atom. The highest BCUT2D eigenvalue weighted by molar-refractivity contribution is 6.24. The molecule has 2 N–H and O–H groups in total. The molecule has 0 fully saturated rings. The zero-order valence-electron chi connectivity index (χ0n) is 9.54. The van der Waals surface area contributed by atoms with Crippen LogP contribution in [0, 0.1) is 0 Å². The number of fused-ring (bicyclic) bond motifs is 1. The number of amides is 2. The lowest BCUT2D eigenvalue weighted by Gasteiger charge is -2.14. The molecule has 0 saturated heterocycles. The average Bonchev–Trinajstić information content (AvgIpc) is 2.65. The van der Waals surface area contributed by atoms with Gasteiger partial charge in [0.1, 0.15) is 0 Å². The van der Waals surface area contributed by atoms with Gasteiger partial charge >= 0.3 is 5.97 Å². The molecule has 0 aromatic heterocycles. The first-order chi connectivity index (χ1) is 8.61. The molecule has 0 atom stereocenters. The third-order valence-electron chi connectivity index (χ3n) is 2.59. The van der Waals surface area contributed by atoms with Crippen molar-refractivity contribution in [3.8, 4) is 0 Å². The first-order valence-corrected chi connectivity index (χ1v) is 5.09. The molecule has 92 valence electrons. The molecule has 0 bridgehead atoms. The van der Waals surface area contributed by atoms with E-state index >= 15 is 0 Å². The van der Waals surface area contributed by atoms with Crippen LogP contribution in [0.15, 0.2) is 36.2 Å². The lowest BCUT2D eigenvalue weighted by molar-refractivity contribution is -0.137. The van der Waals surface area contributed by atoms with Gasteiger partial charge < -0.3 is 10.5 Å². The molecule has 1 heterocycles. The average molecular weight is 246 g/mol. The summed E-state index contributed by atoms with van der Waals surface area (Å²) in [6, 6.07) is 6.30. The maximum Gasteiger partial charge on any atom is 0.356 e. The molecule has 1 aliphatic rings. The third kappa shape index (κ3) is 1.55. The van der Waals surface area contributed by atoms with Gasteiger partial charge in [-0.1, -0.05) is 12.1 Å². The van der Waals surface area contributed by atoms with E-state index < -0.39 is 17.8 Å². The Morgan fingerprint density at radius 1 is 1.22 bits per heavy atom. The van der Waals surface area contributed by atoms with Crippen LogP contribution in [0.5, 0.6) is 0 Å². The van der Waals surface area contributed by atoms with Crippen molar-refractivity contribution in [3.63, 3.8) is 0 Å². The smallest absolute Gasteiger partial charge is 0.356 e. The zero-order chi connectivity index (χ0) is 13.3. The number of carbonyl (C=O) groups is 3. The lowest BCUT2D eigenvalue weighted by atomic mass is 10.1. The van der Waals surface area contributed by atoms with E-state index in [1.165, 1.54) is 12.1 Å². The number of benzene rings is 1. The van der Waals surface area contributed by atoms with Gasteiger partial charge in [-0.3, -0.25) is 9.59 Å². The van der Waals surface area contributed by atoms with Gasteiger partial charge in [0.25, 0.3) is 11.8 Å². The second-order valence-corrected chi connectivity index (χ2v) is 3.53. The van der Waals surface area contributed by atoms with E-state index in [1.807, 2.05) is 0 Å². The summed E-state index contributed by atoms with van der Waals surface area (Å²) in [4.78, 5) is 36.2. The Labute approximate surface area is 103 Å². The fourth-order valence-electron chi connectivity index (χ4n) is 1.75. The fraction of sp³-hybridized carbons (Fsp3) is 0.0833. The molecule has 1 aliphatic heterocycles. The van der Waals surface area contributed by atoms with Crippen LogP contribution in [0.25, 0.3) is 0 Å². The molecule has 0 saturated carbocycles. The summed E-state index contributed by atoms with van der Waals surface area (Å²) in [6.45, 7) is 0. The first kappa shape index (κ1) is 11.8. The van der Waals surface area contributed by atoms with Crippen molar-refractivity contribution in [1.82, 2.24) is 4.90 Å². The summed E-state index contributed by atoms with van der Waals surface area (Å²) < 4.78 is 4.48. The predicted molar refractivity (Wildman–Crippen MR) is 61.2 cm³/mol. The van der Waals surface area contributed by atoms with Gasteiger partial charge in [0.2, 0.25) is 0 Å². The predicted octanol–water partition coefficient (Wildman–Crippen LogP) is 0.256. The van der Waals surface area contributed by atoms with Crippen LogP contribution < -0.4 is 5.73 Å². The van der Waals surface area contributed by atoms with Crippen LogP contribution in [0.4, 0.5) is 0 Å². The first-order valence-electron chi connectivity index (χ1n) is 5.09. The van der Waals surface area contributed by atoms with Crippen molar-refractivity contribution < 1.29 is 19.1 Å². The molecule has 0 radical (unpaired) electrons. The minimum Gasteiger partial charge on any atom is -0.464 e. The summed E-state index contributed by atoms with van der Waals surface area (Å²) in [5, 5.41) is 0. The van der Waals surface area contributed by atoms with E-state index in [2.05, 4.69) is 4.74 Å². The van der Waals surface area contributed by atoms with Crippen molar-refractivity contribution in [2.24, 2.45) is 5.73 Å². The number of rotatable bonds is 2. The standard InChI is InChI=1S/C12H10N2O4/c1-18-12(17)9(6-13)14-10(15)7-4-2-3-5-8(7)11(14)16/h2-6H,13H2,1H3. The molecule has 0 aliphatic carbocycles. The molecule has 6 nitrogen and oxygen atoms in total. The number of hydrogen-bond donors (Lipinski definition) is 1. The summed E-state index contributed by atoms with van der Waals surface area (Å²) in [6.07, 6.45) is 0.882. The van der Waals surface area contributed by atoms with Gasteiger partial charge in [0.05, 0.1) is 18.2 Å². The normalized spacial score (nSPS) is 14.7. The molecule has 1 aromatic rings. The van der Waals surface area contributed by atoms with Crippen LogP contribution in [-0.2, 0) is 9.53 Å². The van der Waals surface area contributed by atoms with Crippen LogP contribution in [0.2, 0.25) is 0 Å². The summed E-state index contributed by atoms with van der Waals surface area (Å²) in [7, 11) is 1.14. The van der Waals surface area contributed by atoms with Gasteiger partial charge in [-0.2, -0.15) is 0 Å². The molecule has 2 rings (SSSR count). The van der Waals surface area contributed by atoms with E-state index in [0.29, 0.717) is 0 Å². The Hall–Kier alpha value is -2.63. The van der Waals surface area contributed by atoms with Crippen molar-refractivity contribution in [3.05, 3.63) is 47.3 Å². The fourth-order valence-corrected chi connectivity index (χ4v) is 1.75. The number of hydrogen-bond acceptors (Lipinski definition) is 5. The van der Waals surface area contributed by atoms with Gasteiger partial charge in [-0.25, -0.2) is 9.69 Å². The van der Waals surface area contributed by atoms with Crippen LogP contribution in [-0.4, -0.2) is 29.8 Å². The number of imide groups is 1. The van der Waals surface area contributed by atoms with E-state index in [-0.39, 0.29) is 16.8 Å². The summed E-state index contributed by atoms with van der Waals surface area (Å²) >= 11 is 0. The number of nitrogens with zero attached hydrogens (tertiary/aromatic N) is 1. The van der Waals surface area contributed by atoms with Crippen molar-refractivity contribution >= 4 is 17.8 Å². The Kier molecular flexibility index (Phi) is 2.85. The molecule has 0 unspecified atom stereocenters. The van der Waals surface area contributed by atoms with Crippen molar-refractivity contribution in [1.29, 1.82) is 0 Å². The van der Waals surface area contributed by atoms with E-state index in [9.17, 15) is 14.4 Å². The Bertz CT molecular complexity index is 542. The molecule has 6 heteroatoms. The molecule has 18 heavy (non-hydrogen) atoms. The molecule has 0 spiro atoms. The number of carbonyl (C=O) groups excluding carboxylic acids is 3. The Morgan fingerprint density at radius 2 is 1.72 bits per heavy atom. The van der Waals surface area contributed by atoms with E-state index in [0.717, 1.165) is 18.2 Å². The monoisotopic (exact) mass is 246 g/mol. The number of methoxy groups -OCH3 is 1. The quantitative estimate of drug-likeness (QED) is 0.459. The highest BCUT2D eigenvalue weighted by atomic mass is 16.5. The molecule has 1 aromatic carbocycles. The maximum atomic E-state index is 12.0. The maximum absolute atomic E-state index is 12.0. The largest absolute Gasteiger partial charge is 0.464 e. The SMILES string of the molecule is COC(=O)C(=CN)N1C(=O)c2ccccc2C1=O. The number of ether oxygens (including phenoxy) is 1. The number of nitrogens with two attached hydrogens (primary N) is 1. The molecular weight excluding hydrogens is 236 g/mol. The third-order valence-corrected chi connectivity index (χ3v) is 2.59. The van der Waals surface area contributed by atoms with E-state index in [4.69, 9.17) is 5.73 Å². The summed E-state index contributed by atoms with van der Waals surface area (Å²) in [5.74, 6) is -2.01. The zero-order valence-corrected chi connectivity index (χ0v) is 9.54. The molecular formula is C12H10N2O4. The Balaban J connectivity index is 2.49. The van der Waals surface area contributed by atoms with Crippen molar-refractivity contribution in [2.75, 3.05) is 7.11 Å².